The van der Waals surface area contributed by atoms with Gasteiger partial charge in [0, 0.05) is 19.6 Å². The van der Waals surface area contributed by atoms with Crippen LogP contribution in [0.3, 0.4) is 0 Å². The number of carbonyl (C=O) groups is 1. The molecule has 0 amide bonds. The monoisotopic (exact) mass is 277 g/mol. The predicted molar refractivity (Wildman–Crippen MR) is 77.8 cm³/mol. The third-order valence-electron chi connectivity index (χ3n) is 3.60. The van der Waals surface area contributed by atoms with Gasteiger partial charge >= 0.3 is 5.97 Å². The maximum atomic E-state index is 10.7. The van der Waals surface area contributed by atoms with Crippen LogP contribution in [-0.4, -0.2) is 35.7 Å². The molecule has 1 aromatic rings. The summed E-state index contributed by atoms with van der Waals surface area (Å²) in [5.74, 6) is 0.688. The maximum absolute atomic E-state index is 10.7. The van der Waals surface area contributed by atoms with E-state index in [4.69, 9.17) is 9.84 Å². The normalized spacial score (nSPS) is 16.1. The molecule has 0 bridgehead atoms. The second kappa shape index (κ2) is 6.75. The molecule has 1 fully saturated rings. The Kier molecular flexibility index (Phi) is 5.01. The highest BCUT2D eigenvalue weighted by atomic mass is 16.5. The SMILES string of the molecule is CC(C)CCOc1ccc(CN2CC(C(=O)O)C2)cc1. The van der Waals surface area contributed by atoms with Gasteiger partial charge in [-0.05, 0) is 30.0 Å². The second-order valence-electron chi connectivity index (χ2n) is 5.90. The van der Waals surface area contributed by atoms with Crippen molar-refractivity contribution in [2.24, 2.45) is 11.8 Å². The van der Waals surface area contributed by atoms with Crippen LogP contribution in [0.1, 0.15) is 25.8 Å². The number of carboxylic acids is 1. The van der Waals surface area contributed by atoms with Crippen molar-refractivity contribution in [3.05, 3.63) is 29.8 Å². The number of aliphatic carboxylic acids is 1. The van der Waals surface area contributed by atoms with Crippen LogP contribution in [0.2, 0.25) is 0 Å². The number of nitrogens with zero attached hydrogens (tertiary/aromatic N) is 1. The Hall–Kier alpha value is -1.55. The Morgan fingerprint density at radius 1 is 1.35 bits per heavy atom. The summed E-state index contributed by atoms with van der Waals surface area (Å²) in [5.41, 5.74) is 1.20. The van der Waals surface area contributed by atoms with Gasteiger partial charge < -0.3 is 9.84 Å². The lowest BCUT2D eigenvalue weighted by Gasteiger charge is -2.36. The summed E-state index contributed by atoms with van der Waals surface area (Å²) in [4.78, 5) is 12.9. The van der Waals surface area contributed by atoms with E-state index in [1.54, 1.807) is 0 Å². The Morgan fingerprint density at radius 3 is 2.55 bits per heavy atom. The van der Waals surface area contributed by atoms with Crippen molar-refractivity contribution in [3.8, 4) is 5.75 Å². The largest absolute Gasteiger partial charge is 0.494 e. The summed E-state index contributed by atoms with van der Waals surface area (Å²) < 4.78 is 5.67. The average molecular weight is 277 g/mol. The molecular weight excluding hydrogens is 254 g/mol. The van der Waals surface area contributed by atoms with Crippen LogP contribution >= 0.6 is 0 Å². The van der Waals surface area contributed by atoms with Crippen LogP contribution in [0, 0.1) is 11.8 Å². The topological polar surface area (TPSA) is 49.8 Å². The molecule has 0 spiro atoms. The Balaban J connectivity index is 1.73. The zero-order valence-corrected chi connectivity index (χ0v) is 12.2. The van der Waals surface area contributed by atoms with E-state index in [9.17, 15) is 4.79 Å². The highest BCUT2D eigenvalue weighted by molar-refractivity contribution is 5.71. The molecule has 110 valence electrons. The molecule has 1 heterocycles. The molecule has 4 nitrogen and oxygen atoms in total. The quantitative estimate of drug-likeness (QED) is 0.832. The molecule has 1 aliphatic rings. The van der Waals surface area contributed by atoms with Crippen LogP contribution in [0.15, 0.2) is 24.3 Å². The van der Waals surface area contributed by atoms with Crippen LogP contribution in [0.25, 0.3) is 0 Å². The first-order valence-electron chi connectivity index (χ1n) is 7.21. The number of rotatable bonds is 7. The van der Waals surface area contributed by atoms with Gasteiger partial charge in [0.05, 0.1) is 12.5 Å². The summed E-state index contributed by atoms with van der Waals surface area (Å²) in [6.07, 6.45) is 1.06. The van der Waals surface area contributed by atoms with Crippen LogP contribution in [0.4, 0.5) is 0 Å². The second-order valence-corrected chi connectivity index (χ2v) is 5.90. The highest BCUT2D eigenvalue weighted by Gasteiger charge is 2.31. The standard InChI is InChI=1S/C16H23NO3/c1-12(2)7-8-20-15-5-3-13(4-6-15)9-17-10-14(11-17)16(18)19/h3-6,12,14H,7-11H2,1-2H3,(H,18,19). The number of hydrogen-bond donors (Lipinski definition) is 1. The first kappa shape index (κ1) is 14.9. The summed E-state index contributed by atoms with van der Waals surface area (Å²) in [5, 5.41) is 8.83. The average Bonchev–Trinajstić information content (AvgIpc) is 2.34. The van der Waals surface area contributed by atoms with E-state index in [0.29, 0.717) is 19.0 Å². The molecular formula is C16H23NO3. The van der Waals surface area contributed by atoms with E-state index in [2.05, 4.69) is 30.9 Å². The van der Waals surface area contributed by atoms with Gasteiger partial charge in [-0.3, -0.25) is 9.69 Å². The molecule has 1 saturated heterocycles. The Bertz CT molecular complexity index is 436. The maximum Gasteiger partial charge on any atom is 0.309 e. The van der Waals surface area contributed by atoms with Crippen molar-refractivity contribution in [3.63, 3.8) is 0 Å². The minimum Gasteiger partial charge on any atom is -0.494 e. The molecule has 4 heteroatoms. The molecule has 0 saturated carbocycles. The Morgan fingerprint density at radius 2 is 2.00 bits per heavy atom. The molecule has 1 N–H and O–H groups in total. The summed E-state index contributed by atoms with van der Waals surface area (Å²) in [7, 11) is 0. The minimum absolute atomic E-state index is 0.186. The van der Waals surface area contributed by atoms with Gasteiger partial charge in [-0.1, -0.05) is 26.0 Å². The number of hydrogen-bond acceptors (Lipinski definition) is 3. The molecule has 0 unspecified atom stereocenters. The van der Waals surface area contributed by atoms with E-state index < -0.39 is 5.97 Å². The zero-order valence-electron chi connectivity index (χ0n) is 12.2. The van der Waals surface area contributed by atoms with E-state index in [0.717, 1.165) is 25.3 Å². The third-order valence-corrected chi connectivity index (χ3v) is 3.60. The number of benzene rings is 1. The first-order valence-corrected chi connectivity index (χ1v) is 7.21. The summed E-state index contributed by atoms with van der Waals surface area (Å²) >= 11 is 0. The van der Waals surface area contributed by atoms with Crippen LogP contribution in [0.5, 0.6) is 5.75 Å². The Labute approximate surface area is 120 Å². The number of carboxylic acid groups (broad SMARTS) is 1. The fourth-order valence-electron chi connectivity index (χ4n) is 2.22. The fourth-order valence-corrected chi connectivity index (χ4v) is 2.22. The lowest BCUT2D eigenvalue weighted by atomic mass is 10.00. The van der Waals surface area contributed by atoms with Crippen molar-refractivity contribution in [2.75, 3.05) is 19.7 Å². The summed E-state index contributed by atoms with van der Waals surface area (Å²) in [6.45, 7) is 7.25. The molecule has 0 aromatic heterocycles. The van der Waals surface area contributed by atoms with Crippen molar-refractivity contribution in [2.45, 2.75) is 26.8 Å². The molecule has 2 rings (SSSR count). The molecule has 0 atom stereocenters. The van der Waals surface area contributed by atoms with Crippen molar-refractivity contribution in [1.29, 1.82) is 0 Å². The van der Waals surface area contributed by atoms with E-state index >= 15 is 0 Å². The van der Waals surface area contributed by atoms with Crippen LogP contribution < -0.4 is 4.74 Å². The smallest absolute Gasteiger partial charge is 0.309 e. The highest BCUT2D eigenvalue weighted by Crippen LogP contribution is 2.20. The van der Waals surface area contributed by atoms with E-state index in [1.807, 2.05) is 12.1 Å². The zero-order chi connectivity index (χ0) is 14.5. The van der Waals surface area contributed by atoms with Gasteiger partial charge in [0.2, 0.25) is 0 Å². The van der Waals surface area contributed by atoms with Gasteiger partial charge in [-0.25, -0.2) is 0 Å². The van der Waals surface area contributed by atoms with Crippen molar-refractivity contribution < 1.29 is 14.6 Å². The van der Waals surface area contributed by atoms with E-state index in [-0.39, 0.29) is 5.92 Å². The molecule has 0 radical (unpaired) electrons. The number of ether oxygens (including phenoxy) is 1. The van der Waals surface area contributed by atoms with Gasteiger partial charge in [-0.15, -0.1) is 0 Å². The molecule has 20 heavy (non-hydrogen) atoms. The fraction of sp³-hybridized carbons (Fsp3) is 0.562. The number of likely N-dealkylation sites (tertiary alicyclic amines) is 1. The van der Waals surface area contributed by atoms with Gasteiger partial charge in [0.15, 0.2) is 0 Å². The van der Waals surface area contributed by atoms with Gasteiger partial charge in [-0.2, -0.15) is 0 Å². The van der Waals surface area contributed by atoms with Crippen LogP contribution in [-0.2, 0) is 11.3 Å². The summed E-state index contributed by atoms with van der Waals surface area (Å²) in [6, 6.07) is 8.09. The van der Waals surface area contributed by atoms with E-state index in [1.165, 1.54) is 5.56 Å². The minimum atomic E-state index is -0.685. The first-order chi connectivity index (χ1) is 9.54. The van der Waals surface area contributed by atoms with Gasteiger partial charge in [0.1, 0.15) is 5.75 Å². The van der Waals surface area contributed by atoms with Crippen molar-refractivity contribution >= 4 is 5.97 Å². The lowest BCUT2D eigenvalue weighted by Crippen LogP contribution is -2.49. The van der Waals surface area contributed by atoms with Gasteiger partial charge in [0.25, 0.3) is 0 Å². The molecule has 0 aliphatic carbocycles. The van der Waals surface area contributed by atoms with Crippen molar-refractivity contribution in [1.82, 2.24) is 4.90 Å². The predicted octanol–water partition coefficient (Wildman–Crippen LogP) is 2.63. The molecule has 1 aliphatic heterocycles. The third kappa shape index (κ3) is 4.23. The molecule has 1 aromatic carbocycles. The lowest BCUT2D eigenvalue weighted by molar-refractivity contribution is -0.147.